The molecule has 4 aromatic rings. The summed E-state index contributed by atoms with van der Waals surface area (Å²) in [7, 11) is 0. The fourth-order valence-electron chi connectivity index (χ4n) is 2.38. The van der Waals surface area contributed by atoms with E-state index in [-0.39, 0.29) is 23.8 Å². The van der Waals surface area contributed by atoms with Crippen molar-refractivity contribution < 1.29 is 8.81 Å². The number of rotatable bonds is 3. The molecule has 0 bridgehead atoms. The van der Waals surface area contributed by atoms with Gasteiger partial charge >= 0.3 is 0 Å². The van der Waals surface area contributed by atoms with Crippen LogP contribution in [0.3, 0.4) is 0 Å². The molecule has 0 fully saturated rings. The number of nitrogens with zero attached hydrogens (tertiary/aromatic N) is 6. The van der Waals surface area contributed by atoms with Crippen LogP contribution >= 0.6 is 0 Å². The summed E-state index contributed by atoms with van der Waals surface area (Å²) < 4.78 is 21.5. The summed E-state index contributed by atoms with van der Waals surface area (Å²) in [6, 6.07) is 7.09. The Hall–Kier alpha value is -3.36. The average molecular weight is 326 g/mol. The van der Waals surface area contributed by atoms with Crippen molar-refractivity contribution in [3.63, 3.8) is 0 Å². The summed E-state index contributed by atoms with van der Waals surface area (Å²) in [5.41, 5.74) is 0.361. The maximum atomic E-state index is 13.0. The minimum absolute atomic E-state index is 0.169. The van der Waals surface area contributed by atoms with E-state index >= 15 is 0 Å². The van der Waals surface area contributed by atoms with Crippen LogP contribution < -0.4 is 5.56 Å². The molecule has 9 heteroatoms. The lowest BCUT2D eigenvalue weighted by Gasteiger charge is -2.03. The van der Waals surface area contributed by atoms with Crippen LogP contribution in [0.4, 0.5) is 4.39 Å². The third-order valence-electron chi connectivity index (χ3n) is 3.53. The van der Waals surface area contributed by atoms with Crippen LogP contribution in [0.15, 0.2) is 45.7 Å². The second kappa shape index (κ2) is 5.37. The van der Waals surface area contributed by atoms with Crippen molar-refractivity contribution in [2.75, 3.05) is 0 Å². The highest BCUT2D eigenvalue weighted by atomic mass is 19.1. The Labute approximate surface area is 134 Å². The topological polar surface area (TPSA) is 91.1 Å². The molecule has 8 nitrogen and oxygen atoms in total. The molecule has 4 rings (SSSR count). The zero-order valence-electron chi connectivity index (χ0n) is 12.5. The van der Waals surface area contributed by atoms with Crippen LogP contribution in [-0.4, -0.2) is 29.4 Å². The first-order chi connectivity index (χ1) is 11.6. The van der Waals surface area contributed by atoms with Crippen LogP contribution in [-0.2, 0) is 6.54 Å². The minimum atomic E-state index is -0.342. The number of hydrogen-bond donors (Lipinski definition) is 0. The molecule has 0 spiro atoms. The molecule has 0 atom stereocenters. The van der Waals surface area contributed by atoms with E-state index in [1.54, 1.807) is 23.7 Å². The third-order valence-corrected chi connectivity index (χ3v) is 3.53. The van der Waals surface area contributed by atoms with Gasteiger partial charge in [-0.25, -0.2) is 9.37 Å². The van der Waals surface area contributed by atoms with E-state index in [1.807, 2.05) is 0 Å². The first-order valence-corrected chi connectivity index (χ1v) is 7.11. The molecular weight excluding hydrogens is 315 g/mol. The van der Waals surface area contributed by atoms with Gasteiger partial charge in [-0.1, -0.05) is 0 Å². The van der Waals surface area contributed by atoms with Gasteiger partial charge in [0.2, 0.25) is 11.8 Å². The molecule has 0 N–H and O–H groups in total. The van der Waals surface area contributed by atoms with Crippen LogP contribution in [0.25, 0.3) is 17.2 Å². The number of hydrogen-bond acceptors (Lipinski definition) is 6. The molecule has 0 saturated carbocycles. The highest BCUT2D eigenvalue weighted by Crippen LogP contribution is 2.18. The van der Waals surface area contributed by atoms with Crippen LogP contribution in [0, 0.1) is 12.7 Å². The predicted molar refractivity (Wildman–Crippen MR) is 80.8 cm³/mol. The van der Waals surface area contributed by atoms with Crippen LogP contribution in [0.5, 0.6) is 0 Å². The van der Waals surface area contributed by atoms with Crippen molar-refractivity contribution in [1.29, 1.82) is 0 Å². The van der Waals surface area contributed by atoms with Crippen molar-refractivity contribution in [1.82, 2.24) is 29.4 Å². The highest BCUT2D eigenvalue weighted by molar-refractivity contribution is 5.51. The van der Waals surface area contributed by atoms with Gasteiger partial charge in [0.1, 0.15) is 18.2 Å². The zero-order valence-corrected chi connectivity index (χ0v) is 12.5. The number of benzene rings is 1. The molecule has 0 amide bonds. The van der Waals surface area contributed by atoms with Crippen molar-refractivity contribution >= 4 is 5.78 Å². The largest absolute Gasteiger partial charge is 0.419 e. The van der Waals surface area contributed by atoms with E-state index < -0.39 is 0 Å². The molecule has 1 aromatic carbocycles. The van der Waals surface area contributed by atoms with Gasteiger partial charge in [-0.15, -0.1) is 10.2 Å². The van der Waals surface area contributed by atoms with Crippen molar-refractivity contribution in [2.45, 2.75) is 13.5 Å². The van der Waals surface area contributed by atoms with E-state index in [2.05, 4.69) is 20.2 Å². The minimum Gasteiger partial charge on any atom is -0.419 e. The Balaban J connectivity index is 1.71. The van der Waals surface area contributed by atoms with E-state index in [9.17, 15) is 9.18 Å². The summed E-state index contributed by atoms with van der Waals surface area (Å²) in [5, 5.41) is 7.93. The van der Waals surface area contributed by atoms with Crippen molar-refractivity contribution in [3.05, 3.63) is 64.4 Å². The highest BCUT2D eigenvalue weighted by Gasteiger charge is 2.14. The third kappa shape index (κ3) is 2.35. The van der Waals surface area contributed by atoms with E-state index in [1.165, 1.54) is 28.9 Å². The summed E-state index contributed by atoms with van der Waals surface area (Å²) >= 11 is 0. The molecular formula is C15H11FN6O2. The van der Waals surface area contributed by atoms with Gasteiger partial charge in [0.05, 0.1) is 0 Å². The summed E-state index contributed by atoms with van der Waals surface area (Å²) in [6.45, 7) is 1.92. The van der Waals surface area contributed by atoms with Gasteiger partial charge in [-0.05, 0) is 31.2 Å². The molecule has 0 aliphatic carbocycles. The van der Waals surface area contributed by atoms with E-state index in [0.29, 0.717) is 23.1 Å². The van der Waals surface area contributed by atoms with Crippen molar-refractivity contribution in [2.24, 2.45) is 0 Å². The van der Waals surface area contributed by atoms with Gasteiger partial charge in [0.25, 0.3) is 11.3 Å². The Morgan fingerprint density at radius 3 is 2.75 bits per heavy atom. The van der Waals surface area contributed by atoms with E-state index in [4.69, 9.17) is 4.42 Å². The first kappa shape index (κ1) is 14.2. The Morgan fingerprint density at radius 1 is 1.17 bits per heavy atom. The molecule has 3 aromatic heterocycles. The number of aryl methyl sites for hydroxylation is 1. The second-order valence-electron chi connectivity index (χ2n) is 5.12. The molecule has 120 valence electrons. The Morgan fingerprint density at radius 2 is 1.96 bits per heavy atom. The number of aromatic nitrogens is 6. The van der Waals surface area contributed by atoms with Gasteiger partial charge in [-0.2, -0.15) is 9.50 Å². The summed E-state index contributed by atoms with van der Waals surface area (Å²) in [4.78, 5) is 20.3. The number of halogens is 1. The second-order valence-corrected chi connectivity index (χ2v) is 5.12. The van der Waals surface area contributed by atoms with Gasteiger partial charge in [0, 0.05) is 17.8 Å². The first-order valence-electron chi connectivity index (χ1n) is 7.11. The van der Waals surface area contributed by atoms with Gasteiger partial charge in [-0.3, -0.25) is 9.48 Å². The standard InChI is InChI=1S/C15H11FN6O2/c1-9-18-15-17-7-6-13(23)22(15)21(9)8-12-19-20-14(24-12)10-2-4-11(16)5-3-10/h2-7H,8H2,1H3. The molecule has 0 aliphatic heterocycles. The Bertz CT molecular complexity index is 1080. The quantitative estimate of drug-likeness (QED) is 0.566. The van der Waals surface area contributed by atoms with E-state index in [0.717, 1.165) is 0 Å². The molecule has 0 radical (unpaired) electrons. The smallest absolute Gasteiger partial charge is 0.274 e. The average Bonchev–Trinajstić information content (AvgIpc) is 3.15. The molecule has 0 aliphatic rings. The zero-order chi connectivity index (χ0) is 16.7. The molecule has 0 unspecified atom stereocenters. The molecule has 24 heavy (non-hydrogen) atoms. The fourth-order valence-corrected chi connectivity index (χ4v) is 2.38. The SMILES string of the molecule is Cc1nc2nccc(=O)n2n1Cc1nnc(-c2ccc(F)cc2)o1. The lowest BCUT2D eigenvalue weighted by Crippen LogP contribution is -2.21. The predicted octanol–water partition coefficient (Wildman–Crippen LogP) is 1.44. The maximum absolute atomic E-state index is 13.0. The lowest BCUT2D eigenvalue weighted by atomic mass is 10.2. The van der Waals surface area contributed by atoms with Crippen molar-refractivity contribution in [3.8, 4) is 11.5 Å². The maximum Gasteiger partial charge on any atom is 0.274 e. The summed E-state index contributed by atoms with van der Waals surface area (Å²) in [6.07, 6.45) is 1.41. The summed E-state index contributed by atoms with van der Waals surface area (Å²) in [5.74, 6) is 1.13. The number of fused-ring (bicyclic) bond motifs is 1. The fraction of sp³-hybridized carbons (Fsp3) is 0.133. The van der Waals surface area contributed by atoms with Crippen LogP contribution in [0.1, 0.15) is 11.7 Å². The van der Waals surface area contributed by atoms with Crippen LogP contribution in [0.2, 0.25) is 0 Å². The lowest BCUT2D eigenvalue weighted by molar-refractivity contribution is 0.457. The monoisotopic (exact) mass is 326 g/mol. The van der Waals surface area contributed by atoms with Gasteiger partial charge in [0.15, 0.2) is 0 Å². The molecule has 3 heterocycles. The van der Waals surface area contributed by atoms with Gasteiger partial charge < -0.3 is 4.42 Å². The molecule has 0 saturated heterocycles. The Kier molecular flexibility index (Phi) is 3.19. The normalized spacial score (nSPS) is 11.2.